The summed E-state index contributed by atoms with van der Waals surface area (Å²) in [6.45, 7) is 0. The van der Waals surface area contributed by atoms with Gasteiger partial charge in [-0.3, -0.25) is 4.57 Å². The number of hydrogen-bond acceptors (Lipinski definition) is 3. The lowest BCUT2D eigenvalue weighted by Crippen LogP contribution is -2.21. The van der Waals surface area contributed by atoms with Crippen molar-refractivity contribution in [1.82, 2.24) is 19.1 Å². The van der Waals surface area contributed by atoms with Gasteiger partial charge in [-0.1, -0.05) is 17.7 Å². The molecule has 1 N–H and O–H groups in total. The molecule has 2 aromatic heterocycles. The largest absolute Gasteiger partial charge is 0.479 e. The van der Waals surface area contributed by atoms with E-state index in [4.69, 9.17) is 11.6 Å². The first-order valence-corrected chi connectivity index (χ1v) is 6.63. The predicted molar refractivity (Wildman–Crippen MR) is 75.6 cm³/mol. The lowest BCUT2D eigenvalue weighted by atomic mass is 10.1. The van der Waals surface area contributed by atoms with Crippen LogP contribution in [0.15, 0.2) is 43.1 Å². The van der Waals surface area contributed by atoms with Crippen molar-refractivity contribution in [2.24, 2.45) is 0 Å². The molecule has 0 aliphatic carbocycles. The first-order chi connectivity index (χ1) is 10.2. The Labute approximate surface area is 124 Å². The van der Waals surface area contributed by atoms with Crippen molar-refractivity contribution in [1.29, 1.82) is 0 Å². The third-order valence-corrected chi connectivity index (χ3v) is 3.90. The van der Waals surface area contributed by atoms with E-state index in [1.54, 1.807) is 40.1 Å². The zero-order valence-electron chi connectivity index (χ0n) is 10.6. The summed E-state index contributed by atoms with van der Waals surface area (Å²) in [6.07, 6.45) is 6.35. The summed E-state index contributed by atoms with van der Waals surface area (Å²) in [4.78, 5) is 20.1. The fourth-order valence-electron chi connectivity index (χ4n) is 2.75. The molecular formula is C14H9ClN4O2. The van der Waals surface area contributed by atoms with Crippen LogP contribution in [0.2, 0.25) is 5.02 Å². The number of imidazole rings is 2. The number of benzene rings is 1. The van der Waals surface area contributed by atoms with Gasteiger partial charge in [0.25, 0.3) is 0 Å². The van der Waals surface area contributed by atoms with Gasteiger partial charge in [-0.25, -0.2) is 14.8 Å². The van der Waals surface area contributed by atoms with Crippen molar-refractivity contribution in [3.8, 4) is 17.1 Å². The Hall–Kier alpha value is -2.60. The third kappa shape index (κ3) is 1.56. The number of para-hydroxylation sites is 1. The molecule has 0 saturated heterocycles. The molecule has 1 aliphatic heterocycles. The van der Waals surface area contributed by atoms with E-state index >= 15 is 0 Å². The van der Waals surface area contributed by atoms with Crippen LogP contribution in [0.25, 0.3) is 17.1 Å². The topological polar surface area (TPSA) is 72.9 Å². The van der Waals surface area contributed by atoms with E-state index in [1.807, 2.05) is 12.1 Å². The maximum atomic E-state index is 11.7. The summed E-state index contributed by atoms with van der Waals surface area (Å²) in [5.41, 5.74) is 2.01. The lowest BCUT2D eigenvalue weighted by Gasteiger charge is -2.14. The summed E-state index contributed by atoms with van der Waals surface area (Å²) < 4.78 is 3.34. The van der Waals surface area contributed by atoms with E-state index in [0.29, 0.717) is 22.2 Å². The van der Waals surface area contributed by atoms with E-state index in [1.165, 1.54) is 0 Å². The van der Waals surface area contributed by atoms with Crippen LogP contribution in [-0.2, 0) is 4.79 Å². The van der Waals surface area contributed by atoms with Gasteiger partial charge >= 0.3 is 5.97 Å². The Bertz CT molecular complexity index is 867. The molecule has 3 heterocycles. The molecule has 1 unspecified atom stereocenters. The molecule has 4 rings (SSSR count). The zero-order valence-corrected chi connectivity index (χ0v) is 11.4. The van der Waals surface area contributed by atoms with E-state index in [0.717, 1.165) is 5.56 Å². The van der Waals surface area contributed by atoms with Crippen molar-refractivity contribution >= 4 is 17.6 Å². The maximum Gasteiger partial charge on any atom is 0.333 e. The number of carbonyl (C=O) groups is 1. The molecule has 1 aliphatic rings. The minimum atomic E-state index is -0.972. The molecule has 0 spiro atoms. The number of carboxylic acids is 1. The molecule has 21 heavy (non-hydrogen) atoms. The number of halogens is 1. The summed E-state index contributed by atoms with van der Waals surface area (Å²) in [6, 6.07) is 4.55. The van der Waals surface area contributed by atoms with Gasteiger partial charge in [0, 0.05) is 18.0 Å². The highest BCUT2D eigenvalue weighted by Gasteiger charge is 2.33. The van der Waals surface area contributed by atoms with Crippen molar-refractivity contribution in [2.75, 3.05) is 0 Å². The Morgan fingerprint density at radius 1 is 1.38 bits per heavy atom. The minimum absolute atomic E-state index is 0.521. The van der Waals surface area contributed by atoms with Crippen molar-refractivity contribution < 1.29 is 9.90 Å². The number of hydrogen-bond donors (Lipinski definition) is 1. The van der Waals surface area contributed by atoms with Crippen molar-refractivity contribution in [3.05, 3.63) is 53.8 Å². The van der Waals surface area contributed by atoms with Gasteiger partial charge in [-0.05, 0) is 12.1 Å². The van der Waals surface area contributed by atoms with Crippen LogP contribution in [0.3, 0.4) is 0 Å². The van der Waals surface area contributed by atoms with Crippen LogP contribution in [0.5, 0.6) is 0 Å². The van der Waals surface area contributed by atoms with Crippen molar-refractivity contribution in [2.45, 2.75) is 6.04 Å². The predicted octanol–water partition coefficient (Wildman–Crippen LogP) is 2.38. The van der Waals surface area contributed by atoms with Crippen LogP contribution >= 0.6 is 11.6 Å². The monoisotopic (exact) mass is 300 g/mol. The molecule has 0 radical (unpaired) electrons. The summed E-state index contributed by atoms with van der Waals surface area (Å²) in [7, 11) is 0. The number of carboxylic acid groups (broad SMARTS) is 1. The normalized spacial score (nSPS) is 15.8. The second kappa shape index (κ2) is 4.20. The van der Waals surface area contributed by atoms with Crippen LogP contribution in [0, 0.1) is 0 Å². The van der Waals surface area contributed by atoms with E-state index < -0.39 is 12.0 Å². The van der Waals surface area contributed by atoms with Gasteiger partial charge in [-0.2, -0.15) is 0 Å². The molecule has 0 fully saturated rings. The van der Waals surface area contributed by atoms with Crippen LogP contribution in [0.4, 0.5) is 0 Å². The van der Waals surface area contributed by atoms with E-state index in [-0.39, 0.29) is 0 Å². The zero-order chi connectivity index (χ0) is 14.6. The van der Waals surface area contributed by atoms with Gasteiger partial charge in [0.1, 0.15) is 5.82 Å². The molecule has 7 heteroatoms. The summed E-state index contributed by atoms with van der Waals surface area (Å²) in [5, 5.41) is 10.1. The average Bonchev–Trinajstić information content (AvgIpc) is 3.07. The Morgan fingerprint density at radius 3 is 3.05 bits per heavy atom. The lowest BCUT2D eigenvalue weighted by molar-refractivity contribution is -0.139. The molecule has 0 amide bonds. The molecular weight excluding hydrogens is 292 g/mol. The van der Waals surface area contributed by atoms with Gasteiger partial charge in [0.15, 0.2) is 6.04 Å². The second-order valence-corrected chi connectivity index (χ2v) is 5.13. The first kappa shape index (κ1) is 12.2. The second-order valence-electron chi connectivity index (χ2n) is 4.72. The quantitative estimate of drug-likeness (QED) is 0.749. The molecule has 6 nitrogen and oxygen atoms in total. The van der Waals surface area contributed by atoms with Crippen LogP contribution in [0.1, 0.15) is 11.7 Å². The fourth-order valence-corrected chi connectivity index (χ4v) is 3.02. The third-order valence-electron chi connectivity index (χ3n) is 3.60. The van der Waals surface area contributed by atoms with Gasteiger partial charge in [0.05, 0.1) is 28.9 Å². The van der Waals surface area contributed by atoms with E-state index in [9.17, 15) is 9.90 Å². The Balaban J connectivity index is 2.17. The first-order valence-electron chi connectivity index (χ1n) is 6.25. The number of aliphatic carboxylic acids is 1. The summed E-state index contributed by atoms with van der Waals surface area (Å²) >= 11 is 6.33. The number of nitrogens with zero attached hydrogens (tertiary/aromatic N) is 4. The molecule has 1 atom stereocenters. The van der Waals surface area contributed by atoms with Gasteiger partial charge < -0.3 is 9.67 Å². The smallest absolute Gasteiger partial charge is 0.333 e. The van der Waals surface area contributed by atoms with Gasteiger partial charge in [-0.15, -0.1) is 0 Å². The summed E-state index contributed by atoms with van der Waals surface area (Å²) in [5.74, 6) is -0.400. The number of aromatic nitrogens is 4. The minimum Gasteiger partial charge on any atom is -0.479 e. The Morgan fingerprint density at radius 2 is 2.24 bits per heavy atom. The molecule has 1 aromatic carbocycles. The van der Waals surface area contributed by atoms with E-state index in [2.05, 4.69) is 9.97 Å². The van der Waals surface area contributed by atoms with Crippen LogP contribution < -0.4 is 0 Å². The fraction of sp³-hybridized carbons (Fsp3) is 0.0714. The molecule has 3 aromatic rings. The average molecular weight is 301 g/mol. The number of rotatable bonds is 1. The van der Waals surface area contributed by atoms with Crippen LogP contribution in [-0.4, -0.2) is 30.2 Å². The molecule has 0 bridgehead atoms. The molecule has 0 saturated carbocycles. The highest BCUT2D eigenvalue weighted by molar-refractivity contribution is 6.33. The molecule has 104 valence electrons. The van der Waals surface area contributed by atoms with Gasteiger partial charge in [0.2, 0.25) is 0 Å². The highest BCUT2D eigenvalue weighted by atomic mass is 35.5. The standard InChI is InChI=1S/C14H9ClN4O2/c15-9-3-1-2-8-11(9)19-7-16-6-10(19)12(14(20)21)18-5-4-17-13(8)18/h1-7,12H,(H,20,21). The Kier molecular flexibility index (Phi) is 2.43. The number of fused-ring (bicyclic) bond motifs is 5. The maximum absolute atomic E-state index is 11.7. The highest BCUT2D eigenvalue weighted by Crippen LogP contribution is 2.38. The SMILES string of the molecule is O=C(O)C1c2cncn2-c2c(Cl)cccc2-c2nccn21. The van der Waals surface area contributed by atoms with Crippen molar-refractivity contribution in [3.63, 3.8) is 0 Å².